The summed E-state index contributed by atoms with van der Waals surface area (Å²) in [6.45, 7) is 7.85. The smallest absolute Gasteiger partial charge is 0.00104 e. The Morgan fingerprint density at radius 2 is 2.00 bits per heavy atom. The molecule has 0 saturated heterocycles. The van der Waals surface area contributed by atoms with Crippen LogP contribution in [-0.4, -0.2) is 12.6 Å². The summed E-state index contributed by atoms with van der Waals surface area (Å²) in [6.07, 6.45) is 4.10. The van der Waals surface area contributed by atoms with Crippen LogP contribution in [0, 0.1) is 18.8 Å². The number of nitrogens with one attached hydrogen (secondary N) is 1. The van der Waals surface area contributed by atoms with Crippen molar-refractivity contribution in [3.8, 4) is 0 Å². The first-order chi connectivity index (χ1) is 8.15. The Hall–Kier alpha value is -0.820. The molecule has 1 aromatic rings. The Morgan fingerprint density at radius 1 is 1.24 bits per heavy atom. The molecule has 1 aliphatic carbocycles. The third-order valence-corrected chi connectivity index (χ3v) is 3.94. The third kappa shape index (κ3) is 3.57. The van der Waals surface area contributed by atoms with E-state index >= 15 is 0 Å². The van der Waals surface area contributed by atoms with Crippen molar-refractivity contribution in [2.45, 2.75) is 46.1 Å². The molecule has 1 heteroatoms. The van der Waals surface area contributed by atoms with E-state index in [4.69, 9.17) is 0 Å². The Labute approximate surface area is 106 Å². The Kier molecular flexibility index (Phi) is 4.22. The standard InChI is InChI=1S/C16H25N/c1-12(2)17-11-16-8-7-15(16)10-14-6-4-5-13(3)9-14/h4-6,9,12,15-17H,7-8,10-11H2,1-3H3. The lowest BCUT2D eigenvalue weighted by Gasteiger charge is -2.37. The van der Waals surface area contributed by atoms with Crippen molar-refractivity contribution in [2.75, 3.05) is 6.54 Å². The zero-order valence-electron chi connectivity index (χ0n) is 11.4. The average molecular weight is 231 g/mol. The minimum Gasteiger partial charge on any atom is -0.314 e. The highest BCUT2D eigenvalue weighted by atomic mass is 14.9. The van der Waals surface area contributed by atoms with Crippen LogP contribution in [0.25, 0.3) is 0 Å². The van der Waals surface area contributed by atoms with Crippen molar-refractivity contribution in [2.24, 2.45) is 11.8 Å². The molecule has 0 aromatic heterocycles. The third-order valence-electron chi connectivity index (χ3n) is 3.94. The number of rotatable bonds is 5. The summed E-state index contributed by atoms with van der Waals surface area (Å²) in [5.74, 6) is 1.81. The second-order valence-corrected chi connectivity index (χ2v) is 5.85. The maximum Gasteiger partial charge on any atom is 0.00104 e. The zero-order valence-corrected chi connectivity index (χ0v) is 11.4. The van der Waals surface area contributed by atoms with Crippen LogP contribution in [0.15, 0.2) is 24.3 Å². The Bertz CT molecular complexity index is 356. The minimum atomic E-state index is 0.621. The maximum absolute atomic E-state index is 3.57. The van der Waals surface area contributed by atoms with Crippen molar-refractivity contribution in [1.29, 1.82) is 0 Å². The number of aryl methyl sites for hydroxylation is 1. The van der Waals surface area contributed by atoms with Gasteiger partial charge in [0.1, 0.15) is 0 Å². The van der Waals surface area contributed by atoms with E-state index in [1.54, 1.807) is 0 Å². The van der Waals surface area contributed by atoms with Crippen molar-refractivity contribution in [3.63, 3.8) is 0 Å². The first-order valence-corrected chi connectivity index (χ1v) is 6.94. The van der Waals surface area contributed by atoms with E-state index in [-0.39, 0.29) is 0 Å². The molecule has 0 amide bonds. The summed E-state index contributed by atoms with van der Waals surface area (Å²) >= 11 is 0. The van der Waals surface area contributed by atoms with Crippen LogP contribution in [0.2, 0.25) is 0 Å². The average Bonchev–Trinajstić information content (AvgIpc) is 2.24. The van der Waals surface area contributed by atoms with E-state index < -0.39 is 0 Å². The molecule has 1 aromatic carbocycles. The van der Waals surface area contributed by atoms with Crippen LogP contribution in [-0.2, 0) is 6.42 Å². The second-order valence-electron chi connectivity index (χ2n) is 5.85. The predicted molar refractivity (Wildman–Crippen MR) is 74.2 cm³/mol. The molecular formula is C16H25N. The number of hydrogen-bond donors (Lipinski definition) is 1. The molecule has 0 heterocycles. The summed E-state index contributed by atoms with van der Waals surface area (Å²) < 4.78 is 0. The fourth-order valence-electron chi connectivity index (χ4n) is 2.70. The van der Waals surface area contributed by atoms with E-state index in [1.165, 1.54) is 36.9 Å². The van der Waals surface area contributed by atoms with Crippen LogP contribution < -0.4 is 5.32 Å². The van der Waals surface area contributed by atoms with Gasteiger partial charge in [0.05, 0.1) is 0 Å². The number of hydrogen-bond acceptors (Lipinski definition) is 1. The van der Waals surface area contributed by atoms with Gasteiger partial charge in [-0.2, -0.15) is 0 Å². The first-order valence-electron chi connectivity index (χ1n) is 6.94. The molecule has 0 radical (unpaired) electrons. The molecule has 2 atom stereocenters. The van der Waals surface area contributed by atoms with Gasteiger partial charge in [-0.3, -0.25) is 0 Å². The molecule has 0 spiro atoms. The van der Waals surface area contributed by atoms with Gasteiger partial charge in [0.25, 0.3) is 0 Å². The normalized spacial score (nSPS) is 23.8. The van der Waals surface area contributed by atoms with Crippen LogP contribution in [0.4, 0.5) is 0 Å². The Balaban J connectivity index is 1.83. The van der Waals surface area contributed by atoms with Crippen LogP contribution in [0.1, 0.15) is 37.8 Å². The van der Waals surface area contributed by atoms with Gasteiger partial charge in [-0.15, -0.1) is 0 Å². The van der Waals surface area contributed by atoms with Gasteiger partial charge in [0, 0.05) is 6.04 Å². The Morgan fingerprint density at radius 3 is 2.59 bits per heavy atom. The van der Waals surface area contributed by atoms with Crippen LogP contribution in [0.3, 0.4) is 0 Å². The van der Waals surface area contributed by atoms with Crippen LogP contribution in [0.5, 0.6) is 0 Å². The molecule has 2 rings (SSSR count). The van der Waals surface area contributed by atoms with Crippen molar-refractivity contribution in [1.82, 2.24) is 5.32 Å². The summed E-state index contributed by atoms with van der Waals surface area (Å²) in [5, 5.41) is 3.57. The van der Waals surface area contributed by atoms with Gasteiger partial charge in [-0.25, -0.2) is 0 Å². The largest absolute Gasteiger partial charge is 0.314 e. The molecule has 17 heavy (non-hydrogen) atoms. The predicted octanol–water partition coefficient (Wildman–Crippen LogP) is 3.56. The molecule has 1 aliphatic rings. The SMILES string of the molecule is Cc1cccc(CC2CCC2CNC(C)C)c1. The molecule has 94 valence electrons. The highest BCUT2D eigenvalue weighted by Crippen LogP contribution is 2.36. The first kappa shape index (κ1) is 12.6. The van der Waals surface area contributed by atoms with Gasteiger partial charge in [-0.1, -0.05) is 43.7 Å². The summed E-state index contributed by atoms with van der Waals surface area (Å²) in [4.78, 5) is 0. The van der Waals surface area contributed by atoms with Gasteiger partial charge >= 0.3 is 0 Å². The van der Waals surface area contributed by atoms with Gasteiger partial charge < -0.3 is 5.32 Å². The number of benzene rings is 1. The topological polar surface area (TPSA) is 12.0 Å². The fourth-order valence-corrected chi connectivity index (χ4v) is 2.70. The molecule has 2 unspecified atom stereocenters. The maximum atomic E-state index is 3.57. The molecule has 1 saturated carbocycles. The lowest BCUT2D eigenvalue weighted by atomic mass is 9.70. The monoisotopic (exact) mass is 231 g/mol. The summed E-state index contributed by atoms with van der Waals surface area (Å²) in [5.41, 5.74) is 2.91. The van der Waals surface area contributed by atoms with E-state index in [2.05, 4.69) is 50.4 Å². The van der Waals surface area contributed by atoms with Gasteiger partial charge in [-0.05, 0) is 50.1 Å². The fraction of sp³-hybridized carbons (Fsp3) is 0.625. The molecule has 0 aliphatic heterocycles. The molecule has 0 bridgehead atoms. The lowest BCUT2D eigenvalue weighted by Crippen LogP contribution is -2.38. The second kappa shape index (κ2) is 5.68. The van der Waals surface area contributed by atoms with E-state index in [0.29, 0.717) is 6.04 Å². The van der Waals surface area contributed by atoms with E-state index in [9.17, 15) is 0 Å². The van der Waals surface area contributed by atoms with Gasteiger partial charge in [0.2, 0.25) is 0 Å². The zero-order chi connectivity index (χ0) is 12.3. The van der Waals surface area contributed by atoms with Crippen molar-refractivity contribution in [3.05, 3.63) is 35.4 Å². The van der Waals surface area contributed by atoms with E-state index in [1.807, 2.05) is 0 Å². The highest BCUT2D eigenvalue weighted by molar-refractivity contribution is 5.23. The summed E-state index contributed by atoms with van der Waals surface area (Å²) in [6, 6.07) is 9.60. The van der Waals surface area contributed by atoms with Crippen LogP contribution >= 0.6 is 0 Å². The molecular weight excluding hydrogens is 206 g/mol. The molecule has 1 fully saturated rings. The molecule has 1 N–H and O–H groups in total. The van der Waals surface area contributed by atoms with Gasteiger partial charge in [0.15, 0.2) is 0 Å². The van der Waals surface area contributed by atoms with Crippen molar-refractivity contribution >= 4 is 0 Å². The quantitative estimate of drug-likeness (QED) is 0.817. The highest BCUT2D eigenvalue weighted by Gasteiger charge is 2.30. The van der Waals surface area contributed by atoms with Crippen molar-refractivity contribution < 1.29 is 0 Å². The lowest BCUT2D eigenvalue weighted by molar-refractivity contribution is 0.168. The molecule has 1 nitrogen and oxygen atoms in total. The van der Waals surface area contributed by atoms with E-state index in [0.717, 1.165) is 11.8 Å². The minimum absolute atomic E-state index is 0.621. The summed E-state index contributed by atoms with van der Waals surface area (Å²) in [7, 11) is 0.